The molecule has 5 heterocycles. The van der Waals surface area contributed by atoms with E-state index in [9.17, 15) is 0 Å². The van der Waals surface area contributed by atoms with E-state index in [0.717, 1.165) is 150 Å². The average molecular weight is 1010 g/mol. The lowest BCUT2D eigenvalue weighted by Gasteiger charge is -2.25. The normalized spacial score (nSPS) is 11.9. The van der Waals surface area contributed by atoms with Crippen LogP contribution < -0.4 is 0 Å². The number of unbranched alkanes of at least 4 members (excludes halogenated alkanes) is 1. The summed E-state index contributed by atoms with van der Waals surface area (Å²) in [6.07, 6.45) is 9.25. The molecule has 0 amide bonds. The van der Waals surface area contributed by atoms with E-state index in [1.807, 2.05) is 30.7 Å². The van der Waals surface area contributed by atoms with Crippen molar-refractivity contribution in [3.63, 3.8) is 0 Å². The Morgan fingerprint density at radius 2 is 0.709 bits per heavy atom. The van der Waals surface area contributed by atoms with Crippen LogP contribution in [0.25, 0.3) is 143 Å². The second kappa shape index (κ2) is 19.7. The third-order valence-electron chi connectivity index (χ3n) is 16.2. The quantitative estimate of drug-likeness (QED) is 0.121. The summed E-state index contributed by atoms with van der Waals surface area (Å²) in [4.78, 5) is 25.7. The van der Waals surface area contributed by atoms with Crippen molar-refractivity contribution < 1.29 is 0 Å². The molecule has 9 aromatic carbocycles. The number of fused-ring (bicyclic) bond motifs is 12. The Bertz CT molecular complexity index is 4400. The molecular formula is C74H55N5. The number of aromatic nitrogens is 5. The largest absolute Gasteiger partial charge is 0.256 e. The fraction of sp³-hybridized carbons (Fsp3) is 0.0946. The average Bonchev–Trinajstić information content (AvgIpc) is 3.70. The standard InChI is InChI=1S/C74H55N5/c1-4-5-39-74(2,3)52-38-42-75-69(46-52)48-32-30-47(31-33-48)53-18-6-7-19-54(53)49-43-50(55-20-8-12-24-59(55)67-36-34-65-70-61(28-16-40-76-70)57-22-10-14-26-63(57)72(65)78-67)45-51(44-49)56-21-9-13-25-60(56)68-37-35-66-71-62(29-17-41-77-71)58-23-11-15-27-64(58)73(66)79-68/h6-38,40-46H,4-5,39H2,1-3H3. The van der Waals surface area contributed by atoms with Crippen molar-refractivity contribution >= 4 is 65.2 Å². The van der Waals surface area contributed by atoms with Gasteiger partial charge < -0.3 is 0 Å². The van der Waals surface area contributed by atoms with Crippen LogP contribution in [-0.2, 0) is 5.41 Å². The first-order chi connectivity index (χ1) is 38.9. The van der Waals surface area contributed by atoms with Crippen molar-refractivity contribution in [2.75, 3.05) is 0 Å². The number of rotatable bonds is 11. The summed E-state index contributed by atoms with van der Waals surface area (Å²) in [5.41, 5.74) is 20.0. The zero-order valence-corrected chi connectivity index (χ0v) is 44.5. The van der Waals surface area contributed by atoms with Crippen molar-refractivity contribution in [3.8, 4) is 78.3 Å². The van der Waals surface area contributed by atoms with E-state index in [-0.39, 0.29) is 5.41 Å². The molecule has 376 valence electrons. The van der Waals surface area contributed by atoms with Gasteiger partial charge in [0, 0.05) is 67.6 Å². The molecule has 14 rings (SSSR count). The van der Waals surface area contributed by atoms with Gasteiger partial charge in [0.15, 0.2) is 0 Å². The van der Waals surface area contributed by atoms with Crippen LogP contribution in [0.1, 0.15) is 45.6 Å². The minimum absolute atomic E-state index is 0.0723. The zero-order valence-electron chi connectivity index (χ0n) is 44.5. The van der Waals surface area contributed by atoms with Gasteiger partial charge in [-0.3, -0.25) is 15.0 Å². The van der Waals surface area contributed by atoms with Gasteiger partial charge in [0.2, 0.25) is 0 Å². The maximum absolute atomic E-state index is 5.54. The molecule has 0 aliphatic carbocycles. The molecule has 0 aliphatic heterocycles. The van der Waals surface area contributed by atoms with E-state index in [1.165, 1.54) is 18.4 Å². The van der Waals surface area contributed by atoms with E-state index >= 15 is 0 Å². The molecule has 79 heavy (non-hydrogen) atoms. The molecule has 0 atom stereocenters. The highest BCUT2D eigenvalue weighted by atomic mass is 14.7. The highest BCUT2D eigenvalue weighted by Gasteiger charge is 2.22. The molecule has 0 aliphatic rings. The molecule has 14 aromatic rings. The van der Waals surface area contributed by atoms with E-state index in [2.05, 4.69) is 233 Å². The summed E-state index contributed by atoms with van der Waals surface area (Å²) >= 11 is 0. The van der Waals surface area contributed by atoms with E-state index in [0.29, 0.717) is 0 Å². The molecule has 5 aromatic heterocycles. The monoisotopic (exact) mass is 1010 g/mol. The number of hydrogen-bond acceptors (Lipinski definition) is 5. The molecule has 0 spiro atoms. The van der Waals surface area contributed by atoms with Crippen molar-refractivity contribution in [2.24, 2.45) is 0 Å². The van der Waals surface area contributed by atoms with Gasteiger partial charge in [-0.25, -0.2) is 9.97 Å². The highest BCUT2D eigenvalue weighted by Crippen LogP contribution is 2.44. The molecule has 0 saturated heterocycles. The molecule has 0 fully saturated rings. The molecule has 5 nitrogen and oxygen atoms in total. The highest BCUT2D eigenvalue weighted by molar-refractivity contribution is 6.24. The molecule has 5 heteroatoms. The molecule has 0 unspecified atom stereocenters. The molecular weight excluding hydrogens is 959 g/mol. The van der Waals surface area contributed by atoms with Gasteiger partial charge in [-0.05, 0) is 139 Å². The number of benzene rings is 9. The summed E-state index contributed by atoms with van der Waals surface area (Å²) in [7, 11) is 0. The Balaban J connectivity index is 0.943. The van der Waals surface area contributed by atoms with Crippen molar-refractivity contribution in [1.29, 1.82) is 0 Å². The van der Waals surface area contributed by atoms with Gasteiger partial charge in [0.25, 0.3) is 0 Å². The summed E-state index contributed by atoms with van der Waals surface area (Å²) in [6.45, 7) is 6.96. The lowest BCUT2D eigenvalue weighted by Crippen LogP contribution is -2.17. The lowest BCUT2D eigenvalue weighted by molar-refractivity contribution is 0.457. The van der Waals surface area contributed by atoms with Crippen molar-refractivity contribution in [3.05, 3.63) is 249 Å². The number of nitrogens with zero attached hydrogens (tertiary/aromatic N) is 5. The lowest BCUT2D eigenvalue weighted by atomic mass is 9.80. The maximum atomic E-state index is 5.54. The Morgan fingerprint density at radius 1 is 0.304 bits per heavy atom. The molecule has 0 radical (unpaired) electrons. The molecule has 0 N–H and O–H groups in total. The predicted molar refractivity (Wildman–Crippen MR) is 331 cm³/mol. The molecule has 0 saturated carbocycles. The van der Waals surface area contributed by atoms with E-state index in [4.69, 9.17) is 24.9 Å². The van der Waals surface area contributed by atoms with Crippen LogP contribution in [0.15, 0.2) is 243 Å². The minimum atomic E-state index is 0.0723. The van der Waals surface area contributed by atoms with Crippen LogP contribution >= 0.6 is 0 Å². The van der Waals surface area contributed by atoms with Gasteiger partial charge in [0.05, 0.1) is 39.1 Å². The first-order valence-corrected chi connectivity index (χ1v) is 27.5. The van der Waals surface area contributed by atoms with E-state index in [1.54, 1.807) is 0 Å². The smallest absolute Gasteiger partial charge is 0.0809 e. The van der Waals surface area contributed by atoms with E-state index < -0.39 is 0 Å². The fourth-order valence-corrected chi connectivity index (χ4v) is 12.1. The van der Waals surface area contributed by atoms with Gasteiger partial charge in [-0.15, -0.1) is 0 Å². The van der Waals surface area contributed by atoms with Crippen LogP contribution in [0.2, 0.25) is 0 Å². The number of hydrogen-bond donors (Lipinski definition) is 0. The Labute approximate surface area is 460 Å². The summed E-state index contributed by atoms with van der Waals surface area (Å²) in [5, 5.41) is 8.84. The number of pyridine rings is 5. The van der Waals surface area contributed by atoms with Crippen molar-refractivity contribution in [2.45, 2.75) is 45.4 Å². The first kappa shape index (κ1) is 47.7. The van der Waals surface area contributed by atoms with Gasteiger partial charge >= 0.3 is 0 Å². The third kappa shape index (κ3) is 8.46. The summed E-state index contributed by atoms with van der Waals surface area (Å²) in [5.74, 6) is 0. The maximum Gasteiger partial charge on any atom is 0.0809 e. The van der Waals surface area contributed by atoms with Crippen molar-refractivity contribution in [1.82, 2.24) is 24.9 Å². The second-order valence-electron chi connectivity index (χ2n) is 21.5. The van der Waals surface area contributed by atoms with Gasteiger partial charge in [-0.2, -0.15) is 0 Å². The van der Waals surface area contributed by atoms with Crippen LogP contribution in [0.4, 0.5) is 0 Å². The van der Waals surface area contributed by atoms with Gasteiger partial charge in [0.1, 0.15) is 0 Å². The Morgan fingerprint density at radius 3 is 1.20 bits per heavy atom. The third-order valence-corrected chi connectivity index (χ3v) is 16.2. The summed E-state index contributed by atoms with van der Waals surface area (Å²) < 4.78 is 0. The minimum Gasteiger partial charge on any atom is -0.256 e. The topological polar surface area (TPSA) is 64.5 Å². The Kier molecular flexibility index (Phi) is 11.9. The van der Waals surface area contributed by atoms with Crippen LogP contribution in [0, 0.1) is 0 Å². The van der Waals surface area contributed by atoms with Gasteiger partial charge in [-0.1, -0.05) is 191 Å². The SMILES string of the molecule is CCCCC(C)(C)c1ccnc(-c2ccc(-c3ccccc3-c3cc(-c4ccccc4-c4ccc5c6ncccc6c6ccccc6c5n4)cc(-c4ccccc4-c4ccc5c6ncccc6c6ccccc6c5n4)c3)cc2)c1. The first-order valence-electron chi connectivity index (χ1n) is 27.5. The zero-order chi connectivity index (χ0) is 53.0. The van der Waals surface area contributed by atoms with Crippen LogP contribution in [0.3, 0.4) is 0 Å². The summed E-state index contributed by atoms with van der Waals surface area (Å²) in [6, 6.07) is 80.9. The molecule has 0 bridgehead atoms. The fourth-order valence-electron chi connectivity index (χ4n) is 12.1. The predicted octanol–water partition coefficient (Wildman–Crippen LogP) is 19.7. The Hall–Kier alpha value is -9.71. The van der Waals surface area contributed by atoms with Crippen LogP contribution in [0.5, 0.6) is 0 Å². The second-order valence-corrected chi connectivity index (χ2v) is 21.5. The van der Waals surface area contributed by atoms with Crippen LogP contribution in [-0.4, -0.2) is 24.9 Å².